The van der Waals surface area contributed by atoms with Gasteiger partial charge in [0.1, 0.15) is 5.83 Å². The van der Waals surface area contributed by atoms with Gasteiger partial charge in [-0.15, -0.1) is 0 Å². The molecule has 1 aromatic carbocycles. The van der Waals surface area contributed by atoms with E-state index in [9.17, 15) is 13.2 Å². The summed E-state index contributed by atoms with van der Waals surface area (Å²) in [5.41, 5.74) is 3.21. The number of hydrogen-bond acceptors (Lipinski definition) is 5. The first-order chi connectivity index (χ1) is 16.5. The van der Waals surface area contributed by atoms with Crippen LogP contribution in [0, 0.1) is 6.92 Å². The number of hydrogen-bond donors (Lipinski definition) is 2. The summed E-state index contributed by atoms with van der Waals surface area (Å²) in [5.74, 6) is -0.571. The second kappa shape index (κ2) is 10.00. The Bertz CT molecular complexity index is 1430. The van der Waals surface area contributed by atoms with Gasteiger partial charge in [-0.05, 0) is 55.5 Å². The number of nitrogens with one attached hydrogen (secondary N) is 2. The Morgan fingerprint density at radius 1 is 1.23 bits per heavy atom. The third kappa shape index (κ3) is 5.52. The molecule has 186 valence electrons. The number of amides is 2. The molecule has 2 amide bonds. The summed E-state index contributed by atoms with van der Waals surface area (Å²) in [7, 11) is -2.72. The van der Waals surface area contributed by atoms with Crippen LogP contribution in [0.4, 0.5) is 9.18 Å². The van der Waals surface area contributed by atoms with E-state index in [-0.39, 0.29) is 5.03 Å². The van der Waals surface area contributed by atoms with E-state index in [0.717, 1.165) is 28.7 Å². The van der Waals surface area contributed by atoms with Crippen LogP contribution >= 0.6 is 23.2 Å². The molecule has 35 heavy (non-hydrogen) atoms. The third-order valence-corrected chi connectivity index (χ3v) is 7.58. The van der Waals surface area contributed by atoms with Crippen molar-refractivity contribution in [1.29, 1.82) is 0 Å². The van der Waals surface area contributed by atoms with Gasteiger partial charge in [-0.1, -0.05) is 29.3 Å². The van der Waals surface area contributed by atoms with Crippen LogP contribution < -0.4 is 10.0 Å². The van der Waals surface area contributed by atoms with Gasteiger partial charge in [0, 0.05) is 22.7 Å². The summed E-state index contributed by atoms with van der Waals surface area (Å²) < 4.78 is 44.9. The predicted molar refractivity (Wildman–Crippen MR) is 130 cm³/mol. The van der Waals surface area contributed by atoms with E-state index in [1.807, 2.05) is 4.72 Å². The first-order valence-electron chi connectivity index (χ1n) is 10.7. The largest absolute Gasteiger partial charge is 0.331 e. The lowest BCUT2D eigenvalue weighted by molar-refractivity contribution is 0.246. The predicted octanol–water partition coefficient (Wildman–Crippen LogP) is 3.99. The van der Waals surface area contributed by atoms with Gasteiger partial charge in [-0.25, -0.2) is 13.9 Å². The number of aryl methyl sites for hydroxylation is 3. The Morgan fingerprint density at radius 3 is 2.69 bits per heavy atom. The van der Waals surface area contributed by atoms with Crippen molar-refractivity contribution in [3.8, 4) is 0 Å². The Morgan fingerprint density at radius 2 is 2.00 bits per heavy atom. The second-order valence-corrected chi connectivity index (χ2v) is 10.7. The standard InChI is InChI=1S/C22H23Cl2FN6O3S/c1-13-8-20(30(2)28-13)35(33,34)29-22(32)26-11-19(25)17-5-3-4-14-10-27-31(21(14)17)12-15-6-7-16(23)9-18(15)24/h6-10H,3-5,11-12H2,1-2H3,(H2,26,29,32)/b19-17-. The van der Waals surface area contributed by atoms with Gasteiger partial charge in [-0.2, -0.15) is 18.6 Å². The highest BCUT2D eigenvalue weighted by Crippen LogP contribution is 2.34. The van der Waals surface area contributed by atoms with Gasteiger partial charge in [0.25, 0.3) is 10.0 Å². The number of allylic oxidation sites excluding steroid dienone is 1. The number of benzene rings is 1. The molecule has 0 saturated heterocycles. The molecule has 0 radical (unpaired) electrons. The summed E-state index contributed by atoms with van der Waals surface area (Å²) in [6, 6.07) is 5.43. The normalized spacial score (nSPS) is 15.0. The Kier molecular flexibility index (Phi) is 7.20. The minimum absolute atomic E-state index is 0.175. The minimum atomic E-state index is -4.17. The quantitative estimate of drug-likeness (QED) is 0.491. The van der Waals surface area contributed by atoms with Crippen molar-refractivity contribution in [1.82, 2.24) is 29.6 Å². The Labute approximate surface area is 212 Å². The molecule has 2 aromatic heterocycles. The van der Waals surface area contributed by atoms with Crippen LogP contribution in [0.15, 0.2) is 41.3 Å². The summed E-state index contributed by atoms with van der Waals surface area (Å²) in [6.45, 7) is 1.47. The van der Waals surface area contributed by atoms with Crippen molar-refractivity contribution < 1.29 is 17.6 Å². The van der Waals surface area contributed by atoms with E-state index < -0.39 is 28.4 Å². The Hall–Kier alpha value is -2.89. The molecule has 1 aliphatic carbocycles. The molecule has 0 spiro atoms. The zero-order valence-corrected chi connectivity index (χ0v) is 21.3. The van der Waals surface area contributed by atoms with Crippen LogP contribution in [0.25, 0.3) is 5.57 Å². The van der Waals surface area contributed by atoms with Gasteiger partial charge < -0.3 is 5.32 Å². The van der Waals surface area contributed by atoms with Crippen LogP contribution in [0.5, 0.6) is 0 Å². The molecule has 0 bridgehead atoms. The molecule has 9 nitrogen and oxygen atoms in total. The number of carbonyl (C=O) groups excluding carboxylic acids is 1. The molecule has 4 rings (SSSR count). The van der Waals surface area contributed by atoms with Gasteiger partial charge in [-0.3, -0.25) is 9.36 Å². The van der Waals surface area contributed by atoms with E-state index in [1.54, 1.807) is 36.0 Å². The lowest BCUT2D eigenvalue weighted by Crippen LogP contribution is -2.40. The van der Waals surface area contributed by atoms with Crippen LogP contribution in [0.2, 0.25) is 10.0 Å². The van der Waals surface area contributed by atoms with E-state index in [0.29, 0.717) is 40.0 Å². The molecule has 3 aromatic rings. The van der Waals surface area contributed by atoms with E-state index >= 15 is 4.39 Å². The molecule has 0 saturated carbocycles. The first kappa shape index (κ1) is 25.2. The highest BCUT2D eigenvalue weighted by molar-refractivity contribution is 7.90. The molecule has 0 atom stereocenters. The molecule has 2 N–H and O–H groups in total. The zero-order valence-electron chi connectivity index (χ0n) is 19.0. The summed E-state index contributed by atoms with van der Waals surface area (Å²) in [6.07, 6.45) is 3.63. The van der Waals surface area contributed by atoms with Crippen molar-refractivity contribution >= 4 is 44.8 Å². The number of urea groups is 1. The fourth-order valence-corrected chi connectivity index (χ4v) is 5.64. The molecule has 0 fully saturated rings. The number of carbonyl (C=O) groups is 1. The van der Waals surface area contributed by atoms with Gasteiger partial charge in [0.2, 0.25) is 0 Å². The summed E-state index contributed by atoms with van der Waals surface area (Å²) in [5, 5.41) is 11.5. The molecule has 1 aliphatic rings. The molecule has 0 aliphatic heterocycles. The highest BCUT2D eigenvalue weighted by Gasteiger charge is 2.25. The van der Waals surface area contributed by atoms with Crippen LogP contribution in [0.1, 0.15) is 35.4 Å². The smallest absolute Gasteiger partial charge is 0.329 e. The van der Waals surface area contributed by atoms with Crippen molar-refractivity contribution in [2.45, 2.75) is 37.8 Å². The second-order valence-electron chi connectivity index (χ2n) is 8.18. The molecule has 0 unspecified atom stereocenters. The maximum Gasteiger partial charge on any atom is 0.329 e. The lowest BCUT2D eigenvalue weighted by Gasteiger charge is -2.19. The fraction of sp³-hybridized carbons (Fsp3) is 0.318. The van der Waals surface area contributed by atoms with Gasteiger partial charge in [0.05, 0.1) is 30.7 Å². The molecule has 2 heterocycles. The zero-order chi connectivity index (χ0) is 25.3. The lowest BCUT2D eigenvalue weighted by atomic mass is 9.92. The monoisotopic (exact) mass is 540 g/mol. The van der Waals surface area contributed by atoms with Gasteiger partial charge in [0.15, 0.2) is 5.03 Å². The average molecular weight is 541 g/mol. The third-order valence-electron chi connectivity index (χ3n) is 5.60. The summed E-state index contributed by atoms with van der Waals surface area (Å²) >= 11 is 12.3. The molecular formula is C22H23Cl2FN6O3S. The number of aromatic nitrogens is 4. The molecule has 13 heteroatoms. The van der Waals surface area contributed by atoms with Gasteiger partial charge >= 0.3 is 6.03 Å². The highest BCUT2D eigenvalue weighted by atomic mass is 35.5. The van der Waals surface area contributed by atoms with Crippen LogP contribution in [-0.2, 0) is 30.0 Å². The topological polar surface area (TPSA) is 111 Å². The number of fused-ring (bicyclic) bond motifs is 1. The van der Waals surface area contributed by atoms with Crippen LogP contribution in [-0.4, -0.2) is 40.6 Å². The van der Waals surface area contributed by atoms with Crippen molar-refractivity contribution in [2.75, 3.05) is 6.54 Å². The SMILES string of the molecule is Cc1cc(S(=O)(=O)NC(=O)NC/C(F)=C2\CCCc3cnn(Cc4ccc(Cl)cc4Cl)c32)n(C)n1. The van der Waals surface area contributed by atoms with E-state index in [2.05, 4.69) is 15.5 Å². The summed E-state index contributed by atoms with van der Waals surface area (Å²) in [4.78, 5) is 12.2. The number of halogens is 3. The molecular weight excluding hydrogens is 518 g/mol. The number of sulfonamides is 1. The number of rotatable bonds is 6. The van der Waals surface area contributed by atoms with E-state index in [1.165, 1.54) is 13.1 Å². The van der Waals surface area contributed by atoms with Crippen molar-refractivity contribution in [3.05, 3.63) is 68.8 Å². The van der Waals surface area contributed by atoms with Crippen molar-refractivity contribution in [3.63, 3.8) is 0 Å². The van der Waals surface area contributed by atoms with E-state index in [4.69, 9.17) is 23.2 Å². The average Bonchev–Trinajstić information content (AvgIpc) is 3.36. The first-order valence-corrected chi connectivity index (χ1v) is 13.0. The fourth-order valence-electron chi connectivity index (χ4n) is 4.04. The van der Waals surface area contributed by atoms with Crippen LogP contribution in [0.3, 0.4) is 0 Å². The Balaban J connectivity index is 1.50. The van der Waals surface area contributed by atoms with Crippen molar-refractivity contribution in [2.24, 2.45) is 7.05 Å². The minimum Gasteiger partial charge on any atom is -0.331 e. The maximum atomic E-state index is 15.3. The maximum absolute atomic E-state index is 15.3. The number of nitrogens with zero attached hydrogens (tertiary/aromatic N) is 4.